The number of rotatable bonds is 2. The Morgan fingerprint density at radius 3 is 2.53 bits per heavy atom. The maximum atomic E-state index is 13.5. The van der Waals surface area contributed by atoms with Crippen LogP contribution < -0.4 is 0 Å². The highest BCUT2D eigenvalue weighted by molar-refractivity contribution is 9.10. The van der Waals surface area contributed by atoms with Crippen molar-refractivity contribution in [3.05, 3.63) is 55.4 Å². The maximum absolute atomic E-state index is 13.5. The summed E-state index contributed by atoms with van der Waals surface area (Å²) in [6.07, 6.45) is 0. The van der Waals surface area contributed by atoms with E-state index in [9.17, 15) is 4.39 Å². The van der Waals surface area contributed by atoms with E-state index in [1.54, 1.807) is 24.3 Å². The number of aryl methyl sites for hydroxylation is 2. The van der Waals surface area contributed by atoms with E-state index in [2.05, 4.69) is 15.9 Å². The molecule has 1 heterocycles. The van der Waals surface area contributed by atoms with Crippen LogP contribution in [0.25, 0.3) is 0 Å². The minimum absolute atomic E-state index is 0.208. The minimum Gasteiger partial charge on any atom is -0.207 e. The Hall–Kier alpha value is -0.380. The molecule has 0 nitrogen and oxygen atoms in total. The van der Waals surface area contributed by atoms with Gasteiger partial charge in [-0.05, 0) is 53.0 Å². The molecular weight excluding hydrogens is 323 g/mol. The maximum Gasteiger partial charge on any atom is 0.126 e. The smallest absolute Gasteiger partial charge is 0.126 e. The minimum atomic E-state index is -0.292. The van der Waals surface area contributed by atoms with Crippen molar-refractivity contribution in [2.24, 2.45) is 0 Å². The second-order valence-corrected chi connectivity index (χ2v) is 6.50. The molecule has 0 N–H and O–H groups in total. The van der Waals surface area contributed by atoms with Gasteiger partial charge >= 0.3 is 0 Å². The molecule has 1 unspecified atom stereocenters. The van der Waals surface area contributed by atoms with Gasteiger partial charge in [-0.3, -0.25) is 0 Å². The van der Waals surface area contributed by atoms with E-state index in [1.165, 1.54) is 10.9 Å². The summed E-state index contributed by atoms with van der Waals surface area (Å²) in [6, 6.07) is 7.14. The fourth-order valence-electron chi connectivity index (χ4n) is 1.54. The third-order valence-electron chi connectivity index (χ3n) is 2.61. The number of alkyl halides is 1. The summed E-state index contributed by atoms with van der Waals surface area (Å²) in [5, 5.41) is -0.292. The Balaban J connectivity index is 2.36. The number of hydrogen-bond donors (Lipinski definition) is 0. The fraction of sp³-hybridized carbons (Fsp3) is 0.231. The normalized spacial score (nSPS) is 12.8. The summed E-state index contributed by atoms with van der Waals surface area (Å²) in [5.41, 5.74) is 1.43. The molecule has 1 aromatic heterocycles. The molecule has 90 valence electrons. The molecule has 2 rings (SSSR count). The molecule has 0 fully saturated rings. The molecule has 0 aliphatic rings. The number of benzene rings is 1. The zero-order chi connectivity index (χ0) is 12.6. The lowest BCUT2D eigenvalue weighted by atomic mass is 10.1. The molecule has 0 spiro atoms. The predicted molar refractivity (Wildman–Crippen MR) is 75.6 cm³/mol. The Morgan fingerprint density at radius 2 is 2.00 bits per heavy atom. The third-order valence-corrected chi connectivity index (χ3v) is 5.43. The SMILES string of the molecule is Cc1ccc(C(Cl)c2cc(Br)c(C)s2)cc1F. The van der Waals surface area contributed by atoms with Crippen molar-refractivity contribution in [1.82, 2.24) is 0 Å². The van der Waals surface area contributed by atoms with Gasteiger partial charge in [-0.25, -0.2) is 4.39 Å². The van der Waals surface area contributed by atoms with Crippen molar-refractivity contribution < 1.29 is 4.39 Å². The average Bonchev–Trinajstić information content (AvgIpc) is 2.62. The standard InChI is InChI=1S/C13H11BrClFS/c1-7-3-4-9(5-11(7)16)13(15)12-6-10(14)8(2)17-12/h3-6,13H,1-2H3. The van der Waals surface area contributed by atoms with Crippen LogP contribution in [-0.2, 0) is 0 Å². The number of halogens is 3. The van der Waals surface area contributed by atoms with E-state index in [4.69, 9.17) is 11.6 Å². The van der Waals surface area contributed by atoms with Crippen LogP contribution in [0.5, 0.6) is 0 Å². The summed E-state index contributed by atoms with van der Waals surface area (Å²) >= 11 is 11.5. The van der Waals surface area contributed by atoms with Crippen molar-refractivity contribution in [2.75, 3.05) is 0 Å². The van der Waals surface area contributed by atoms with Gasteiger partial charge < -0.3 is 0 Å². The molecule has 0 amide bonds. The van der Waals surface area contributed by atoms with E-state index in [1.807, 2.05) is 19.1 Å². The lowest BCUT2D eigenvalue weighted by Gasteiger charge is -2.08. The van der Waals surface area contributed by atoms with Crippen LogP contribution in [-0.4, -0.2) is 0 Å². The van der Waals surface area contributed by atoms with Crippen LogP contribution in [0.1, 0.15) is 26.3 Å². The van der Waals surface area contributed by atoms with Gasteiger partial charge in [0, 0.05) is 14.2 Å². The van der Waals surface area contributed by atoms with Crippen molar-refractivity contribution in [3.8, 4) is 0 Å². The Kier molecular flexibility index (Phi) is 3.91. The zero-order valence-electron chi connectivity index (χ0n) is 9.43. The van der Waals surface area contributed by atoms with Gasteiger partial charge in [0.05, 0.1) is 5.38 Å². The Labute approximate surface area is 118 Å². The quantitative estimate of drug-likeness (QED) is 0.628. The van der Waals surface area contributed by atoms with Crippen LogP contribution in [0.2, 0.25) is 0 Å². The Morgan fingerprint density at radius 1 is 1.29 bits per heavy atom. The lowest BCUT2D eigenvalue weighted by Crippen LogP contribution is -1.92. The summed E-state index contributed by atoms with van der Waals surface area (Å²) in [6.45, 7) is 3.77. The van der Waals surface area contributed by atoms with Crippen LogP contribution >= 0.6 is 38.9 Å². The van der Waals surface area contributed by atoms with Gasteiger partial charge in [0.2, 0.25) is 0 Å². The largest absolute Gasteiger partial charge is 0.207 e. The highest BCUT2D eigenvalue weighted by atomic mass is 79.9. The van der Waals surface area contributed by atoms with Gasteiger partial charge in [-0.15, -0.1) is 22.9 Å². The second-order valence-electron chi connectivity index (χ2n) is 3.92. The van der Waals surface area contributed by atoms with Crippen LogP contribution in [0.3, 0.4) is 0 Å². The molecule has 0 saturated carbocycles. The molecule has 1 atom stereocenters. The predicted octanol–water partition coefficient (Wildman–Crippen LogP) is 5.59. The fourth-order valence-corrected chi connectivity index (χ4v) is 3.44. The van der Waals surface area contributed by atoms with Crippen molar-refractivity contribution >= 4 is 38.9 Å². The summed E-state index contributed by atoms with van der Waals surface area (Å²) in [7, 11) is 0. The first kappa shape index (κ1) is 13.1. The van der Waals surface area contributed by atoms with E-state index < -0.39 is 0 Å². The van der Waals surface area contributed by atoms with Gasteiger partial charge in [0.15, 0.2) is 0 Å². The first-order chi connectivity index (χ1) is 7.99. The molecule has 0 radical (unpaired) electrons. The zero-order valence-corrected chi connectivity index (χ0v) is 12.6. The monoisotopic (exact) mass is 332 g/mol. The van der Waals surface area contributed by atoms with E-state index in [-0.39, 0.29) is 11.2 Å². The van der Waals surface area contributed by atoms with Crippen molar-refractivity contribution in [3.63, 3.8) is 0 Å². The first-order valence-corrected chi connectivity index (χ1v) is 7.19. The highest BCUT2D eigenvalue weighted by Gasteiger charge is 2.15. The molecule has 0 aliphatic carbocycles. The first-order valence-electron chi connectivity index (χ1n) is 5.15. The molecule has 2 aromatic rings. The topological polar surface area (TPSA) is 0 Å². The average molecular weight is 334 g/mol. The van der Waals surface area contributed by atoms with Gasteiger partial charge in [0.25, 0.3) is 0 Å². The molecule has 0 bridgehead atoms. The lowest BCUT2D eigenvalue weighted by molar-refractivity contribution is 0.616. The molecule has 0 saturated heterocycles. The van der Waals surface area contributed by atoms with E-state index in [0.717, 1.165) is 14.9 Å². The van der Waals surface area contributed by atoms with Crippen LogP contribution in [0, 0.1) is 19.7 Å². The molecule has 0 aliphatic heterocycles. The Bertz CT molecular complexity index is 531. The van der Waals surface area contributed by atoms with Crippen LogP contribution in [0.4, 0.5) is 4.39 Å². The van der Waals surface area contributed by atoms with Gasteiger partial charge in [0.1, 0.15) is 5.82 Å². The van der Waals surface area contributed by atoms with Crippen LogP contribution in [0.15, 0.2) is 28.7 Å². The molecular formula is C13H11BrClFS. The van der Waals surface area contributed by atoms with Gasteiger partial charge in [-0.1, -0.05) is 12.1 Å². The highest BCUT2D eigenvalue weighted by Crippen LogP contribution is 2.37. The van der Waals surface area contributed by atoms with Crippen molar-refractivity contribution in [2.45, 2.75) is 19.2 Å². The number of thiophene rings is 1. The van der Waals surface area contributed by atoms with Gasteiger partial charge in [-0.2, -0.15) is 0 Å². The van der Waals surface area contributed by atoms with E-state index >= 15 is 0 Å². The third kappa shape index (κ3) is 2.72. The van der Waals surface area contributed by atoms with Crippen molar-refractivity contribution in [1.29, 1.82) is 0 Å². The van der Waals surface area contributed by atoms with E-state index in [0.29, 0.717) is 5.56 Å². The number of hydrogen-bond acceptors (Lipinski definition) is 1. The summed E-state index contributed by atoms with van der Waals surface area (Å²) < 4.78 is 14.5. The summed E-state index contributed by atoms with van der Waals surface area (Å²) in [5.74, 6) is -0.208. The summed E-state index contributed by atoms with van der Waals surface area (Å²) in [4.78, 5) is 2.21. The second kappa shape index (κ2) is 5.09. The molecule has 1 aromatic carbocycles. The molecule has 17 heavy (non-hydrogen) atoms. The molecule has 4 heteroatoms.